The van der Waals surface area contributed by atoms with Crippen LogP contribution in [0, 0.1) is 10.1 Å². The van der Waals surface area contributed by atoms with E-state index in [0.29, 0.717) is 17.1 Å². The van der Waals surface area contributed by atoms with Crippen molar-refractivity contribution < 1.29 is 28.7 Å². The fourth-order valence-electron chi connectivity index (χ4n) is 2.62. The van der Waals surface area contributed by atoms with Crippen molar-refractivity contribution >= 4 is 28.9 Å². The summed E-state index contributed by atoms with van der Waals surface area (Å²) in [7, 11) is 0. The van der Waals surface area contributed by atoms with E-state index in [1.807, 2.05) is 0 Å². The summed E-state index contributed by atoms with van der Waals surface area (Å²) in [5.74, 6) is -0.0733. The molecule has 4 rings (SSSR count). The lowest BCUT2D eigenvalue weighted by molar-refractivity contribution is -0.385. The molecule has 0 radical (unpaired) electrons. The fraction of sp³-hybridized carbons (Fsp3) is 0.125. The van der Waals surface area contributed by atoms with E-state index >= 15 is 0 Å². The first-order valence-electron chi connectivity index (χ1n) is 7.47. The lowest BCUT2D eigenvalue weighted by Gasteiger charge is -2.18. The standard InChI is InChI=1S/C16H11N3O7/c20-15-6-24-12-2-1-8(3-10(12)18-15)17-16(21)9-4-13-14(26-7-25-13)5-11(9)19(22)23/h1-5H,6-7H2,(H,17,21)(H,18,20). The molecule has 0 saturated heterocycles. The highest BCUT2D eigenvalue weighted by Gasteiger charge is 2.27. The number of ether oxygens (including phenoxy) is 3. The van der Waals surface area contributed by atoms with Crippen LogP contribution in [0.5, 0.6) is 17.2 Å². The van der Waals surface area contributed by atoms with Crippen molar-refractivity contribution in [3.05, 3.63) is 46.0 Å². The molecule has 2 amide bonds. The van der Waals surface area contributed by atoms with Gasteiger partial charge in [0.25, 0.3) is 17.5 Å². The number of nitro groups is 1. The van der Waals surface area contributed by atoms with Crippen molar-refractivity contribution in [3.63, 3.8) is 0 Å². The van der Waals surface area contributed by atoms with Gasteiger partial charge in [0.2, 0.25) is 6.79 Å². The summed E-state index contributed by atoms with van der Waals surface area (Å²) < 4.78 is 15.5. The molecule has 0 saturated carbocycles. The molecular weight excluding hydrogens is 346 g/mol. The van der Waals surface area contributed by atoms with Crippen molar-refractivity contribution in [2.24, 2.45) is 0 Å². The van der Waals surface area contributed by atoms with E-state index in [0.717, 1.165) is 6.07 Å². The second-order valence-electron chi connectivity index (χ2n) is 5.48. The van der Waals surface area contributed by atoms with Gasteiger partial charge in [-0.05, 0) is 18.2 Å². The molecule has 2 N–H and O–H groups in total. The van der Waals surface area contributed by atoms with Gasteiger partial charge in [-0.2, -0.15) is 0 Å². The number of hydrogen-bond donors (Lipinski definition) is 2. The fourth-order valence-corrected chi connectivity index (χ4v) is 2.62. The van der Waals surface area contributed by atoms with Gasteiger partial charge < -0.3 is 24.8 Å². The molecule has 2 heterocycles. The average Bonchev–Trinajstić information content (AvgIpc) is 3.07. The van der Waals surface area contributed by atoms with Gasteiger partial charge >= 0.3 is 0 Å². The molecule has 10 nitrogen and oxygen atoms in total. The minimum absolute atomic E-state index is 0.0674. The highest BCUT2D eigenvalue weighted by atomic mass is 16.7. The molecule has 0 unspecified atom stereocenters. The number of hydrogen-bond acceptors (Lipinski definition) is 7. The predicted octanol–water partition coefficient (Wildman–Crippen LogP) is 1.91. The number of fused-ring (bicyclic) bond motifs is 2. The van der Waals surface area contributed by atoms with Crippen LogP contribution < -0.4 is 24.8 Å². The van der Waals surface area contributed by atoms with Gasteiger partial charge in [0.05, 0.1) is 16.7 Å². The quantitative estimate of drug-likeness (QED) is 0.634. The van der Waals surface area contributed by atoms with Crippen LogP contribution in [-0.4, -0.2) is 30.1 Å². The molecule has 0 atom stereocenters. The van der Waals surface area contributed by atoms with Crippen LogP contribution >= 0.6 is 0 Å². The minimum Gasteiger partial charge on any atom is -0.482 e. The molecule has 0 bridgehead atoms. The summed E-state index contributed by atoms with van der Waals surface area (Å²) >= 11 is 0. The summed E-state index contributed by atoms with van der Waals surface area (Å²) in [4.78, 5) is 34.5. The molecular formula is C16H11N3O7. The molecule has 0 fully saturated rings. The minimum atomic E-state index is -0.696. The van der Waals surface area contributed by atoms with E-state index in [-0.39, 0.29) is 36.4 Å². The Kier molecular flexibility index (Phi) is 3.57. The number of carbonyl (C=O) groups excluding carboxylic acids is 2. The molecule has 2 aliphatic rings. The highest BCUT2D eigenvalue weighted by Crippen LogP contribution is 2.38. The Morgan fingerprint density at radius 2 is 1.88 bits per heavy atom. The van der Waals surface area contributed by atoms with Crippen LogP contribution in [0.25, 0.3) is 0 Å². The van der Waals surface area contributed by atoms with Crippen molar-refractivity contribution in [2.45, 2.75) is 0 Å². The van der Waals surface area contributed by atoms with E-state index in [1.165, 1.54) is 12.1 Å². The van der Waals surface area contributed by atoms with Crippen molar-refractivity contribution in [3.8, 4) is 17.2 Å². The number of rotatable bonds is 3. The second-order valence-corrected chi connectivity index (χ2v) is 5.48. The van der Waals surface area contributed by atoms with E-state index in [2.05, 4.69) is 10.6 Å². The summed E-state index contributed by atoms with van der Waals surface area (Å²) in [6.45, 7) is -0.149. The third-order valence-corrected chi connectivity index (χ3v) is 3.80. The Bertz CT molecular complexity index is 957. The first-order chi connectivity index (χ1) is 12.5. The molecule has 2 aliphatic heterocycles. The Morgan fingerprint density at radius 1 is 1.12 bits per heavy atom. The van der Waals surface area contributed by atoms with Gasteiger partial charge in [-0.1, -0.05) is 0 Å². The number of nitrogens with zero attached hydrogens (tertiary/aromatic N) is 1. The van der Waals surface area contributed by atoms with Crippen LogP contribution in [0.15, 0.2) is 30.3 Å². The van der Waals surface area contributed by atoms with Gasteiger partial charge in [-0.25, -0.2) is 0 Å². The summed E-state index contributed by atoms with van der Waals surface area (Å²) in [6.07, 6.45) is 0. The van der Waals surface area contributed by atoms with E-state index in [9.17, 15) is 19.7 Å². The molecule has 0 aromatic heterocycles. The van der Waals surface area contributed by atoms with Crippen LogP contribution in [0.4, 0.5) is 17.1 Å². The van der Waals surface area contributed by atoms with Crippen molar-refractivity contribution in [1.82, 2.24) is 0 Å². The third-order valence-electron chi connectivity index (χ3n) is 3.80. The summed E-state index contributed by atoms with van der Waals surface area (Å²) in [6, 6.07) is 7.06. The molecule has 2 aromatic carbocycles. The number of nitro benzene ring substituents is 1. The van der Waals surface area contributed by atoms with Crippen molar-refractivity contribution in [2.75, 3.05) is 24.0 Å². The van der Waals surface area contributed by atoms with E-state index in [1.54, 1.807) is 12.1 Å². The average molecular weight is 357 g/mol. The zero-order chi connectivity index (χ0) is 18.3. The molecule has 0 aliphatic carbocycles. The van der Waals surface area contributed by atoms with Gasteiger partial charge in [-0.3, -0.25) is 19.7 Å². The lowest BCUT2D eigenvalue weighted by Crippen LogP contribution is -2.25. The molecule has 10 heteroatoms. The van der Waals surface area contributed by atoms with Crippen molar-refractivity contribution in [1.29, 1.82) is 0 Å². The Balaban J connectivity index is 1.64. The first-order valence-corrected chi connectivity index (χ1v) is 7.47. The summed E-state index contributed by atoms with van der Waals surface area (Å²) in [5.41, 5.74) is 0.171. The van der Waals surface area contributed by atoms with E-state index in [4.69, 9.17) is 14.2 Å². The number of amides is 2. The Labute approximate surface area is 145 Å². The Morgan fingerprint density at radius 3 is 2.65 bits per heavy atom. The second kappa shape index (κ2) is 5.92. The predicted molar refractivity (Wildman–Crippen MR) is 87.7 cm³/mol. The topological polar surface area (TPSA) is 129 Å². The number of carbonyl (C=O) groups is 2. The maximum absolute atomic E-state index is 12.5. The maximum Gasteiger partial charge on any atom is 0.286 e. The molecule has 26 heavy (non-hydrogen) atoms. The van der Waals surface area contributed by atoms with Gasteiger partial charge in [0.1, 0.15) is 11.3 Å². The lowest BCUT2D eigenvalue weighted by atomic mass is 10.1. The van der Waals surface area contributed by atoms with Gasteiger partial charge in [0, 0.05) is 11.8 Å². The monoisotopic (exact) mass is 357 g/mol. The first kappa shape index (κ1) is 15.7. The van der Waals surface area contributed by atoms with Gasteiger partial charge in [-0.15, -0.1) is 0 Å². The molecule has 0 spiro atoms. The zero-order valence-corrected chi connectivity index (χ0v) is 13.1. The van der Waals surface area contributed by atoms with E-state index < -0.39 is 16.5 Å². The van der Waals surface area contributed by atoms with Crippen LogP contribution in [-0.2, 0) is 4.79 Å². The van der Waals surface area contributed by atoms with Crippen LogP contribution in [0.3, 0.4) is 0 Å². The SMILES string of the molecule is O=C1COc2ccc(NC(=O)c3cc4c(cc3[N+](=O)[O-])OCO4)cc2N1. The number of benzene rings is 2. The van der Waals surface area contributed by atoms with Crippen LogP contribution in [0.1, 0.15) is 10.4 Å². The number of anilines is 2. The maximum atomic E-state index is 12.5. The largest absolute Gasteiger partial charge is 0.482 e. The van der Waals surface area contributed by atoms with Crippen LogP contribution in [0.2, 0.25) is 0 Å². The van der Waals surface area contributed by atoms with Gasteiger partial charge in [0.15, 0.2) is 18.1 Å². The normalized spacial score (nSPS) is 14.1. The number of nitrogens with one attached hydrogen (secondary N) is 2. The third kappa shape index (κ3) is 2.73. The molecule has 2 aromatic rings. The highest BCUT2D eigenvalue weighted by molar-refractivity contribution is 6.08. The molecule has 132 valence electrons. The zero-order valence-electron chi connectivity index (χ0n) is 13.1. The Hall–Kier alpha value is -3.82. The smallest absolute Gasteiger partial charge is 0.286 e. The summed E-state index contributed by atoms with van der Waals surface area (Å²) in [5, 5.41) is 16.5.